The zero-order valence-corrected chi connectivity index (χ0v) is 9.60. The van der Waals surface area contributed by atoms with Gasteiger partial charge in [0.05, 0.1) is 0 Å². The van der Waals surface area contributed by atoms with E-state index in [0.717, 1.165) is 45.0 Å². The largest absolute Gasteiger partial charge is 0.385 e. The average Bonchev–Trinajstić information content (AvgIpc) is 2.20. The lowest BCUT2D eigenvalue weighted by Crippen LogP contribution is -2.38. The lowest BCUT2D eigenvalue weighted by molar-refractivity contribution is 0.195. The summed E-state index contributed by atoms with van der Waals surface area (Å²) in [5.41, 5.74) is 0. The molecule has 4 heteroatoms. The Balaban J connectivity index is 3.61. The molecule has 0 aromatic rings. The van der Waals surface area contributed by atoms with E-state index in [1.54, 1.807) is 7.11 Å². The van der Waals surface area contributed by atoms with Gasteiger partial charge in [-0.1, -0.05) is 6.92 Å². The third-order valence-corrected chi connectivity index (χ3v) is 1.66. The van der Waals surface area contributed by atoms with Gasteiger partial charge in [0.2, 0.25) is 0 Å². The van der Waals surface area contributed by atoms with Crippen LogP contribution in [0.4, 0.5) is 0 Å². The maximum atomic E-state index is 4.96. The first-order valence-electron chi connectivity index (χ1n) is 5.36. The fourth-order valence-electron chi connectivity index (χ4n) is 0.989. The quantitative estimate of drug-likeness (QED) is 0.367. The first-order chi connectivity index (χ1) is 6.85. The molecule has 0 aliphatic heterocycles. The minimum absolute atomic E-state index is 0.792. The predicted octanol–water partition coefficient (Wildman–Crippen LogP) is 0.988. The van der Waals surface area contributed by atoms with E-state index in [0.29, 0.717) is 0 Å². The SMILES string of the molecule is CCCN=C(NCC)NCCCOC. The Hall–Kier alpha value is -0.770. The molecular formula is C10H23N3O. The predicted molar refractivity (Wildman–Crippen MR) is 60.8 cm³/mol. The summed E-state index contributed by atoms with van der Waals surface area (Å²) in [4.78, 5) is 4.38. The number of nitrogens with one attached hydrogen (secondary N) is 2. The van der Waals surface area contributed by atoms with E-state index in [1.165, 1.54) is 0 Å². The molecule has 0 saturated heterocycles. The van der Waals surface area contributed by atoms with Crippen LogP contribution >= 0.6 is 0 Å². The summed E-state index contributed by atoms with van der Waals surface area (Å²) in [7, 11) is 1.72. The number of nitrogens with zero attached hydrogens (tertiary/aromatic N) is 1. The average molecular weight is 201 g/mol. The maximum absolute atomic E-state index is 4.96. The zero-order chi connectivity index (χ0) is 10.6. The monoisotopic (exact) mass is 201 g/mol. The molecular weight excluding hydrogens is 178 g/mol. The van der Waals surface area contributed by atoms with Gasteiger partial charge in [0.15, 0.2) is 5.96 Å². The van der Waals surface area contributed by atoms with Gasteiger partial charge in [0, 0.05) is 33.4 Å². The molecule has 0 rings (SSSR count). The van der Waals surface area contributed by atoms with E-state index in [4.69, 9.17) is 4.74 Å². The molecule has 0 aromatic carbocycles. The van der Waals surface area contributed by atoms with Gasteiger partial charge in [0.1, 0.15) is 0 Å². The summed E-state index contributed by atoms with van der Waals surface area (Å²) in [6.45, 7) is 7.67. The molecule has 2 N–H and O–H groups in total. The molecule has 84 valence electrons. The molecule has 0 aliphatic carbocycles. The molecule has 0 saturated carbocycles. The van der Waals surface area contributed by atoms with Crippen molar-refractivity contribution >= 4 is 5.96 Å². The van der Waals surface area contributed by atoms with Gasteiger partial charge >= 0.3 is 0 Å². The zero-order valence-electron chi connectivity index (χ0n) is 9.60. The van der Waals surface area contributed by atoms with Crippen LogP contribution in [0.1, 0.15) is 26.7 Å². The van der Waals surface area contributed by atoms with Crippen molar-refractivity contribution in [3.05, 3.63) is 0 Å². The van der Waals surface area contributed by atoms with Gasteiger partial charge < -0.3 is 15.4 Å². The maximum Gasteiger partial charge on any atom is 0.191 e. The molecule has 0 bridgehead atoms. The van der Waals surface area contributed by atoms with Crippen LogP contribution in [0.15, 0.2) is 4.99 Å². The third-order valence-electron chi connectivity index (χ3n) is 1.66. The second kappa shape index (κ2) is 10.3. The van der Waals surface area contributed by atoms with Crippen LogP contribution in [0.2, 0.25) is 0 Å². The smallest absolute Gasteiger partial charge is 0.191 e. The van der Waals surface area contributed by atoms with Crippen molar-refractivity contribution in [1.82, 2.24) is 10.6 Å². The standard InChI is InChI=1S/C10H23N3O/c1-4-7-12-10(11-5-2)13-8-6-9-14-3/h4-9H2,1-3H3,(H2,11,12,13). The first-order valence-corrected chi connectivity index (χ1v) is 5.36. The van der Waals surface area contributed by atoms with Gasteiger partial charge in [-0.3, -0.25) is 4.99 Å². The Morgan fingerprint density at radius 1 is 1.29 bits per heavy atom. The topological polar surface area (TPSA) is 45.7 Å². The number of rotatable bonds is 7. The summed E-state index contributed by atoms with van der Waals surface area (Å²) >= 11 is 0. The highest BCUT2D eigenvalue weighted by Crippen LogP contribution is 1.81. The molecule has 0 amide bonds. The molecule has 0 unspecified atom stereocenters. The minimum Gasteiger partial charge on any atom is -0.385 e. The van der Waals surface area contributed by atoms with Gasteiger partial charge in [-0.15, -0.1) is 0 Å². The number of ether oxygens (including phenoxy) is 1. The van der Waals surface area contributed by atoms with Crippen molar-refractivity contribution in [3.8, 4) is 0 Å². The summed E-state index contributed by atoms with van der Waals surface area (Å²) in [6.07, 6.45) is 2.09. The highest BCUT2D eigenvalue weighted by atomic mass is 16.5. The van der Waals surface area contributed by atoms with Crippen molar-refractivity contribution < 1.29 is 4.74 Å². The fraction of sp³-hybridized carbons (Fsp3) is 0.900. The van der Waals surface area contributed by atoms with Crippen molar-refractivity contribution in [2.75, 3.05) is 33.4 Å². The number of methoxy groups -OCH3 is 1. The molecule has 4 nitrogen and oxygen atoms in total. The Morgan fingerprint density at radius 3 is 2.64 bits per heavy atom. The fourth-order valence-corrected chi connectivity index (χ4v) is 0.989. The molecule has 0 spiro atoms. The van der Waals surface area contributed by atoms with Gasteiger partial charge in [-0.2, -0.15) is 0 Å². The third kappa shape index (κ3) is 7.86. The van der Waals surface area contributed by atoms with Gasteiger partial charge in [-0.25, -0.2) is 0 Å². The van der Waals surface area contributed by atoms with Crippen LogP contribution in [0, 0.1) is 0 Å². The Bertz CT molecular complexity index is 148. The molecule has 0 fully saturated rings. The Kier molecular flexibility index (Phi) is 9.74. The van der Waals surface area contributed by atoms with Crippen LogP contribution in [-0.4, -0.2) is 39.3 Å². The number of hydrogen-bond donors (Lipinski definition) is 2. The second-order valence-electron chi connectivity index (χ2n) is 3.03. The molecule has 0 atom stereocenters. The van der Waals surface area contributed by atoms with Crippen LogP contribution in [-0.2, 0) is 4.74 Å². The number of hydrogen-bond acceptors (Lipinski definition) is 2. The lowest BCUT2D eigenvalue weighted by Gasteiger charge is -2.10. The first kappa shape index (κ1) is 13.2. The van der Waals surface area contributed by atoms with Crippen LogP contribution in [0.3, 0.4) is 0 Å². The van der Waals surface area contributed by atoms with E-state index < -0.39 is 0 Å². The Labute approximate surface area is 87.1 Å². The molecule has 14 heavy (non-hydrogen) atoms. The van der Waals surface area contributed by atoms with E-state index in [2.05, 4.69) is 29.5 Å². The normalized spacial score (nSPS) is 11.5. The summed E-state index contributed by atoms with van der Waals surface area (Å²) < 4.78 is 4.96. The highest BCUT2D eigenvalue weighted by Gasteiger charge is 1.94. The minimum atomic E-state index is 0.792. The van der Waals surface area contributed by atoms with Crippen molar-refractivity contribution in [1.29, 1.82) is 0 Å². The lowest BCUT2D eigenvalue weighted by atomic mass is 10.4. The van der Waals surface area contributed by atoms with E-state index in [-0.39, 0.29) is 0 Å². The molecule has 0 aliphatic rings. The summed E-state index contributed by atoms with van der Waals surface area (Å²) in [5.74, 6) is 0.908. The molecule has 0 radical (unpaired) electrons. The molecule has 0 aromatic heterocycles. The van der Waals surface area contributed by atoms with Crippen molar-refractivity contribution in [2.45, 2.75) is 26.7 Å². The van der Waals surface area contributed by atoms with Crippen molar-refractivity contribution in [2.24, 2.45) is 4.99 Å². The highest BCUT2D eigenvalue weighted by molar-refractivity contribution is 5.79. The van der Waals surface area contributed by atoms with Crippen LogP contribution in [0.25, 0.3) is 0 Å². The second-order valence-corrected chi connectivity index (χ2v) is 3.03. The van der Waals surface area contributed by atoms with E-state index >= 15 is 0 Å². The van der Waals surface area contributed by atoms with Gasteiger partial charge in [0.25, 0.3) is 0 Å². The summed E-state index contributed by atoms with van der Waals surface area (Å²) in [6, 6.07) is 0. The van der Waals surface area contributed by atoms with Crippen molar-refractivity contribution in [3.63, 3.8) is 0 Å². The van der Waals surface area contributed by atoms with Crippen LogP contribution < -0.4 is 10.6 Å². The summed E-state index contributed by atoms with van der Waals surface area (Å²) in [5, 5.41) is 6.44. The van der Waals surface area contributed by atoms with E-state index in [1.807, 2.05) is 0 Å². The van der Waals surface area contributed by atoms with Crippen LogP contribution in [0.5, 0.6) is 0 Å². The number of aliphatic imine (C=N–C) groups is 1. The molecule has 0 heterocycles. The van der Waals surface area contributed by atoms with Gasteiger partial charge in [-0.05, 0) is 19.8 Å². The Morgan fingerprint density at radius 2 is 2.07 bits per heavy atom. The number of guanidine groups is 1. The van der Waals surface area contributed by atoms with E-state index in [9.17, 15) is 0 Å².